The molecular weight excluding hydrogens is 286 g/mol. The largest absolute Gasteiger partial charge is 0.313 e. The summed E-state index contributed by atoms with van der Waals surface area (Å²) in [6.07, 6.45) is 7.38. The van der Waals surface area contributed by atoms with Crippen molar-refractivity contribution in [1.82, 2.24) is 15.0 Å². The summed E-state index contributed by atoms with van der Waals surface area (Å²) in [5.41, 5.74) is 0.998. The normalized spacial score (nSPS) is 16.4. The van der Waals surface area contributed by atoms with E-state index in [0.29, 0.717) is 12.5 Å². The zero-order chi connectivity index (χ0) is 15.1. The summed E-state index contributed by atoms with van der Waals surface area (Å²) in [7, 11) is -3.47. The molecule has 0 amide bonds. The van der Waals surface area contributed by atoms with Gasteiger partial charge in [0.1, 0.15) is 0 Å². The van der Waals surface area contributed by atoms with E-state index in [0.717, 1.165) is 37.9 Å². The van der Waals surface area contributed by atoms with Crippen LogP contribution in [0.4, 0.5) is 0 Å². The maximum atomic E-state index is 12.2. The molecule has 0 spiro atoms. The quantitative estimate of drug-likeness (QED) is 0.721. The van der Waals surface area contributed by atoms with E-state index in [4.69, 9.17) is 0 Å². The van der Waals surface area contributed by atoms with Crippen LogP contribution in [-0.4, -0.2) is 26.5 Å². The fourth-order valence-electron chi connectivity index (χ4n) is 2.60. The Labute approximate surface area is 127 Å². The number of hydrogen-bond donors (Lipinski definition) is 2. The maximum absolute atomic E-state index is 12.2. The van der Waals surface area contributed by atoms with Crippen LogP contribution in [0.2, 0.25) is 0 Å². The van der Waals surface area contributed by atoms with Gasteiger partial charge in [0.25, 0.3) is 10.0 Å². The first kappa shape index (κ1) is 16.4. The Balaban J connectivity index is 1.89. The highest BCUT2D eigenvalue weighted by Gasteiger charge is 2.20. The van der Waals surface area contributed by atoms with Crippen LogP contribution in [-0.2, 0) is 16.6 Å². The van der Waals surface area contributed by atoms with Gasteiger partial charge in [-0.3, -0.25) is 0 Å². The minimum absolute atomic E-state index is 0.111. The van der Waals surface area contributed by atoms with Gasteiger partial charge in [-0.05, 0) is 43.4 Å². The summed E-state index contributed by atoms with van der Waals surface area (Å²) in [6.45, 7) is 4.31. The molecule has 5 nitrogen and oxygen atoms in total. The van der Waals surface area contributed by atoms with Crippen molar-refractivity contribution >= 4 is 10.0 Å². The van der Waals surface area contributed by atoms with Gasteiger partial charge in [-0.15, -0.1) is 0 Å². The number of aromatic nitrogens is 1. The van der Waals surface area contributed by atoms with E-state index in [1.54, 1.807) is 12.3 Å². The summed E-state index contributed by atoms with van der Waals surface area (Å²) in [5, 5.41) is 3.38. The molecule has 0 radical (unpaired) electrons. The van der Waals surface area contributed by atoms with Crippen LogP contribution in [0.25, 0.3) is 0 Å². The lowest BCUT2D eigenvalue weighted by molar-refractivity contribution is 0.518. The highest BCUT2D eigenvalue weighted by molar-refractivity contribution is 7.89. The van der Waals surface area contributed by atoms with E-state index in [1.165, 1.54) is 12.8 Å². The minimum atomic E-state index is -3.47. The van der Waals surface area contributed by atoms with E-state index >= 15 is 0 Å². The minimum Gasteiger partial charge on any atom is -0.313 e. The number of nitrogens with one attached hydrogen (secondary N) is 2. The Morgan fingerprint density at radius 2 is 2.05 bits per heavy atom. The van der Waals surface area contributed by atoms with Crippen LogP contribution < -0.4 is 10.0 Å². The average Bonchev–Trinajstić information content (AvgIpc) is 3.00. The third kappa shape index (κ3) is 5.05. The van der Waals surface area contributed by atoms with Crippen molar-refractivity contribution in [2.24, 2.45) is 5.92 Å². The molecule has 1 aliphatic carbocycles. The zero-order valence-corrected chi connectivity index (χ0v) is 13.5. The summed E-state index contributed by atoms with van der Waals surface area (Å²) in [6, 6.07) is 3.40. The van der Waals surface area contributed by atoms with Gasteiger partial charge in [-0.2, -0.15) is 0 Å². The first-order valence-corrected chi connectivity index (χ1v) is 9.25. The van der Waals surface area contributed by atoms with Crippen LogP contribution in [0.15, 0.2) is 23.4 Å². The Hall–Kier alpha value is -0.980. The van der Waals surface area contributed by atoms with Crippen molar-refractivity contribution in [3.63, 3.8) is 0 Å². The molecule has 1 fully saturated rings. The molecule has 1 heterocycles. The van der Waals surface area contributed by atoms with Gasteiger partial charge in [-0.25, -0.2) is 18.1 Å². The lowest BCUT2D eigenvalue weighted by Gasteiger charge is -2.11. The molecule has 2 rings (SSSR count). The lowest BCUT2D eigenvalue weighted by atomic mass is 10.1. The van der Waals surface area contributed by atoms with Gasteiger partial charge in [0.15, 0.2) is 5.03 Å². The number of hydrogen-bond acceptors (Lipinski definition) is 4. The Bertz CT molecular complexity index is 522. The molecule has 2 N–H and O–H groups in total. The van der Waals surface area contributed by atoms with Crippen molar-refractivity contribution < 1.29 is 8.42 Å². The molecule has 1 saturated carbocycles. The van der Waals surface area contributed by atoms with Crippen LogP contribution in [0.3, 0.4) is 0 Å². The number of sulfonamides is 1. The van der Waals surface area contributed by atoms with Crippen LogP contribution in [0.5, 0.6) is 0 Å². The molecule has 1 aliphatic rings. The maximum Gasteiger partial charge on any atom is 0.258 e. The van der Waals surface area contributed by atoms with E-state index in [1.807, 2.05) is 6.07 Å². The average molecular weight is 311 g/mol. The molecule has 0 atom stereocenters. The molecule has 21 heavy (non-hydrogen) atoms. The second-order valence-corrected chi connectivity index (χ2v) is 7.40. The van der Waals surface area contributed by atoms with Crippen molar-refractivity contribution in [2.45, 2.75) is 50.6 Å². The first-order valence-electron chi connectivity index (χ1n) is 7.77. The zero-order valence-electron chi connectivity index (χ0n) is 12.6. The fourth-order valence-corrected chi connectivity index (χ4v) is 3.64. The molecule has 0 aliphatic heterocycles. The van der Waals surface area contributed by atoms with E-state index in [2.05, 4.69) is 21.9 Å². The molecule has 1 aromatic heterocycles. The van der Waals surface area contributed by atoms with Crippen LogP contribution in [0.1, 0.15) is 44.6 Å². The topological polar surface area (TPSA) is 71.1 Å². The van der Waals surface area contributed by atoms with Gasteiger partial charge < -0.3 is 5.32 Å². The molecule has 0 aromatic carbocycles. The van der Waals surface area contributed by atoms with E-state index in [-0.39, 0.29) is 5.03 Å². The Morgan fingerprint density at radius 1 is 1.29 bits per heavy atom. The van der Waals surface area contributed by atoms with Crippen LogP contribution >= 0.6 is 0 Å². The third-order valence-corrected chi connectivity index (χ3v) is 5.20. The highest BCUT2D eigenvalue weighted by Crippen LogP contribution is 2.24. The van der Waals surface area contributed by atoms with Gasteiger partial charge >= 0.3 is 0 Å². The van der Waals surface area contributed by atoms with Crippen molar-refractivity contribution in [3.8, 4) is 0 Å². The Morgan fingerprint density at radius 3 is 2.67 bits per heavy atom. The van der Waals surface area contributed by atoms with Crippen molar-refractivity contribution in [1.29, 1.82) is 0 Å². The van der Waals surface area contributed by atoms with Crippen molar-refractivity contribution in [3.05, 3.63) is 23.9 Å². The van der Waals surface area contributed by atoms with E-state index < -0.39 is 10.0 Å². The summed E-state index contributed by atoms with van der Waals surface area (Å²) in [5.74, 6) is 0.484. The number of nitrogens with zero attached hydrogens (tertiary/aromatic N) is 1. The lowest BCUT2D eigenvalue weighted by Crippen LogP contribution is -2.29. The monoisotopic (exact) mass is 311 g/mol. The van der Waals surface area contributed by atoms with Gasteiger partial charge in [0.2, 0.25) is 0 Å². The summed E-state index contributed by atoms with van der Waals surface area (Å²) >= 11 is 0. The Kier molecular flexibility index (Phi) is 6.14. The smallest absolute Gasteiger partial charge is 0.258 e. The second-order valence-electron chi connectivity index (χ2n) is 5.68. The first-order chi connectivity index (χ1) is 10.1. The molecule has 1 aromatic rings. The summed E-state index contributed by atoms with van der Waals surface area (Å²) in [4.78, 5) is 4.08. The van der Waals surface area contributed by atoms with Gasteiger partial charge in [-0.1, -0.05) is 25.8 Å². The van der Waals surface area contributed by atoms with Crippen molar-refractivity contribution in [2.75, 3.05) is 13.1 Å². The van der Waals surface area contributed by atoms with Gasteiger partial charge in [0, 0.05) is 19.3 Å². The van der Waals surface area contributed by atoms with Gasteiger partial charge in [0.05, 0.1) is 0 Å². The predicted octanol–water partition coefficient (Wildman–Crippen LogP) is 2.05. The number of pyridine rings is 1. The molecule has 118 valence electrons. The molecule has 6 heteroatoms. The van der Waals surface area contributed by atoms with E-state index in [9.17, 15) is 8.42 Å². The summed E-state index contributed by atoms with van der Waals surface area (Å²) < 4.78 is 27.0. The molecule has 0 unspecified atom stereocenters. The highest BCUT2D eigenvalue weighted by atomic mass is 32.2. The fraction of sp³-hybridized carbons (Fsp3) is 0.667. The predicted molar refractivity (Wildman–Crippen MR) is 83.4 cm³/mol. The molecular formula is C15H25N3O2S. The standard InChI is InChI=1S/C15H25N3O2S/c1-2-9-16-10-14-7-8-15(17-11-14)21(19,20)18-12-13-5-3-4-6-13/h7-8,11,13,16,18H,2-6,9-10,12H2,1H3. The third-order valence-electron chi connectivity index (χ3n) is 3.87. The molecule has 0 bridgehead atoms. The van der Waals surface area contributed by atoms with Crippen LogP contribution in [0, 0.1) is 5.92 Å². The second kappa shape index (κ2) is 7.87. The number of rotatable bonds is 8. The molecule has 0 saturated heterocycles. The SMILES string of the molecule is CCCNCc1ccc(S(=O)(=O)NCC2CCCC2)nc1.